The maximum absolute atomic E-state index is 12.5. The fourth-order valence-corrected chi connectivity index (χ4v) is 2.28. The molecule has 9 heteroatoms. The van der Waals surface area contributed by atoms with Gasteiger partial charge in [-0.25, -0.2) is 19.2 Å². The molecule has 0 fully saturated rings. The average Bonchev–Trinajstić information content (AvgIpc) is 2.97. The van der Waals surface area contributed by atoms with Crippen LogP contribution in [-0.2, 0) is 4.74 Å². The quantitative estimate of drug-likeness (QED) is 0.846. The van der Waals surface area contributed by atoms with E-state index in [0.29, 0.717) is 11.4 Å². The first-order chi connectivity index (χ1) is 11.5. The number of halogens is 1. The molecule has 0 aliphatic carbocycles. The Morgan fingerprint density at radius 1 is 1.38 bits per heavy atom. The second kappa shape index (κ2) is 7.78. The van der Waals surface area contributed by atoms with E-state index in [0.717, 1.165) is 4.90 Å². The molecule has 2 rings (SSSR count). The molecule has 0 aromatic carbocycles. The zero-order chi connectivity index (χ0) is 17.7. The predicted octanol–water partition coefficient (Wildman–Crippen LogP) is 2.96. The van der Waals surface area contributed by atoms with Gasteiger partial charge in [-0.05, 0) is 26.0 Å². The summed E-state index contributed by atoms with van der Waals surface area (Å²) in [6, 6.07) is 3.02. The summed E-state index contributed by atoms with van der Waals surface area (Å²) in [5.74, 6) is 0. The Kier molecular flexibility index (Phi) is 5.75. The van der Waals surface area contributed by atoms with Crippen LogP contribution >= 0.6 is 11.6 Å². The first-order valence-electron chi connectivity index (χ1n) is 7.37. The van der Waals surface area contributed by atoms with Gasteiger partial charge >= 0.3 is 12.1 Å². The molecule has 0 atom stereocenters. The van der Waals surface area contributed by atoms with Crippen LogP contribution in [0.1, 0.15) is 13.8 Å². The minimum Gasteiger partial charge on any atom is -0.449 e. The van der Waals surface area contributed by atoms with Gasteiger partial charge in [-0.15, -0.1) is 0 Å². The summed E-state index contributed by atoms with van der Waals surface area (Å²) in [5.41, 5.74) is 1.07. The monoisotopic (exact) mass is 351 g/mol. The van der Waals surface area contributed by atoms with Crippen LogP contribution in [0.3, 0.4) is 0 Å². The number of imide groups is 1. The van der Waals surface area contributed by atoms with Gasteiger partial charge in [0, 0.05) is 19.8 Å². The molecule has 24 heavy (non-hydrogen) atoms. The summed E-state index contributed by atoms with van der Waals surface area (Å²) in [7, 11) is 1.51. The molecule has 0 spiro atoms. The van der Waals surface area contributed by atoms with Crippen molar-refractivity contribution >= 4 is 29.4 Å². The first-order valence-corrected chi connectivity index (χ1v) is 7.74. The first kappa shape index (κ1) is 17.7. The molecule has 2 aromatic rings. The van der Waals surface area contributed by atoms with E-state index in [1.54, 1.807) is 44.6 Å². The lowest BCUT2D eigenvalue weighted by Crippen LogP contribution is -2.45. The van der Waals surface area contributed by atoms with E-state index in [1.165, 1.54) is 16.6 Å². The van der Waals surface area contributed by atoms with Gasteiger partial charge in [-0.2, -0.15) is 5.10 Å². The lowest BCUT2D eigenvalue weighted by atomic mass is 10.4. The Morgan fingerprint density at radius 3 is 2.71 bits per heavy atom. The normalized spacial score (nSPS) is 10.3. The van der Waals surface area contributed by atoms with Crippen molar-refractivity contribution in [2.75, 3.05) is 25.1 Å². The average molecular weight is 352 g/mol. The van der Waals surface area contributed by atoms with Crippen molar-refractivity contribution in [1.82, 2.24) is 19.7 Å². The zero-order valence-electron chi connectivity index (χ0n) is 13.6. The number of hydrogen-bond acceptors (Lipinski definition) is 5. The van der Waals surface area contributed by atoms with Gasteiger partial charge in [0.2, 0.25) is 0 Å². The standard InChI is InChI=1S/C15H18ClN5O3/c1-4-20(15(23)24-5-2)14(22)19(3)12-10-21(18-13(12)16)11-7-6-8-17-9-11/h6-10H,4-5H2,1-3H3. The van der Waals surface area contributed by atoms with Crippen molar-refractivity contribution in [2.24, 2.45) is 0 Å². The number of nitrogens with zero attached hydrogens (tertiary/aromatic N) is 5. The molecule has 0 unspecified atom stereocenters. The Bertz CT molecular complexity index is 719. The van der Waals surface area contributed by atoms with E-state index in [-0.39, 0.29) is 18.3 Å². The van der Waals surface area contributed by atoms with Crippen molar-refractivity contribution in [3.8, 4) is 5.69 Å². The summed E-state index contributed by atoms with van der Waals surface area (Å²) in [5, 5.41) is 4.30. The summed E-state index contributed by atoms with van der Waals surface area (Å²) in [6.45, 7) is 3.72. The Morgan fingerprint density at radius 2 is 2.12 bits per heavy atom. The molecule has 128 valence electrons. The number of urea groups is 1. The number of pyridine rings is 1. The number of carbonyl (C=O) groups is 2. The number of hydrogen-bond donors (Lipinski definition) is 0. The van der Waals surface area contributed by atoms with Crippen molar-refractivity contribution in [3.05, 3.63) is 35.9 Å². The Labute approximate surface area is 144 Å². The van der Waals surface area contributed by atoms with Gasteiger partial charge < -0.3 is 4.74 Å². The summed E-state index contributed by atoms with van der Waals surface area (Å²) >= 11 is 6.14. The van der Waals surface area contributed by atoms with E-state index in [2.05, 4.69) is 10.1 Å². The Hall–Kier alpha value is -2.61. The van der Waals surface area contributed by atoms with Crippen LogP contribution in [0.2, 0.25) is 5.15 Å². The molecular formula is C15H18ClN5O3. The number of carbonyl (C=O) groups excluding carboxylic acids is 2. The van der Waals surface area contributed by atoms with E-state index >= 15 is 0 Å². The van der Waals surface area contributed by atoms with Gasteiger partial charge in [0.05, 0.1) is 24.7 Å². The highest BCUT2D eigenvalue weighted by molar-refractivity contribution is 6.32. The fraction of sp³-hybridized carbons (Fsp3) is 0.333. The van der Waals surface area contributed by atoms with Crippen LogP contribution in [0.4, 0.5) is 15.3 Å². The molecular weight excluding hydrogens is 334 g/mol. The molecule has 2 heterocycles. The zero-order valence-corrected chi connectivity index (χ0v) is 14.4. The van der Waals surface area contributed by atoms with E-state index in [1.807, 2.05) is 0 Å². The van der Waals surface area contributed by atoms with E-state index < -0.39 is 12.1 Å². The number of ether oxygens (including phenoxy) is 1. The highest BCUT2D eigenvalue weighted by Crippen LogP contribution is 2.25. The van der Waals surface area contributed by atoms with Crippen molar-refractivity contribution in [2.45, 2.75) is 13.8 Å². The highest BCUT2D eigenvalue weighted by atomic mass is 35.5. The molecule has 0 bridgehead atoms. The molecule has 0 radical (unpaired) electrons. The van der Waals surface area contributed by atoms with Gasteiger partial charge in [-0.1, -0.05) is 11.6 Å². The third-order valence-corrected chi connectivity index (χ3v) is 3.51. The molecule has 0 aliphatic heterocycles. The predicted molar refractivity (Wildman–Crippen MR) is 89.6 cm³/mol. The lowest BCUT2D eigenvalue weighted by molar-refractivity contribution is 0.117. The van der Waals surface area contributed by atoms with Crippen LogP contribution in [0.25, 0.3) is 5.69 Å². The van der Waals surface area contributed by atoms with Gasteiger partial charge in [0.25, 0.3) is 0 Å². The molecule has 2 aromatic heterocycles. The SMILES string of the molecule is CCOC(=O)N(CC)C(=O)N(C)c1cn(-c2cccnc2)nc1Cl. The third kappa shape index (κ3) is 3.65. The molecule has 0 saturated carbocycles. The third-order valence-electron chi connectivity index (χ3n) is 3.25. The van der Waals surface area contributed by atoms with Gasteiger partial charge in [0.1, 0.15) is 5.69 Å². The number of anilines is 1. The molecule has 0 saturated heterocycles. The second-order valence-corrected chi connectivity index (χ2v) is 5.10. The van der Waals surface area contributed by atoms with Crippen molar-refractivity contribution in [3.63, 3.8) is 0 Å². The topological polar surface area (TPSA) is 80.6 Å². The highest BCUT2D eigenvalue weighted by Gasteiger charge is 2.27. The lowest BCUT2D eigenvalue weighted by Gasteiger charge is -2.24. The van der Waals surface area contributed by atoms with Crippen LogP contribution in [0, 0.1) is 0 Å². The Balaban J connectivity index is 2.26. The van der Waals surface area contributed by atoms with Crippen molar-refractivity contribution < 1.29 is 14.3 Å². The van der Waals surface area contributed by atoms with E-state index in [4.69, 9.17) is 16.3 Å². The van der Waals surface area contributed by atoms with Crippen LogP contribution in [0.5, 0.6) is 0 Å². The maximum Gasteiger partial charge on any atom is 0.417 e. The minimum atomic E-state index is -0.701. The summed E-state index contributed by atoms with van der Waals surface area (Å²) < 4.78 is 6.39. The van der Waals surface area contributed by atoms with Crippen LogP contribution in [-0.4, -0.2) is 52.0 Å². The van der Waals surface area contributed by atoms with Crippen LogP contribution in [0.15, 0.2) is 30.7 Å². The molecule has 3 amide bonds. The summed E-state index contributed by atoms with van der Waals surface area (Å²) in [6.07, 6.45) is 4.15. The van der Waals surface area contributed by atoms with Gasteiger partial charge in [0.15, 0.2) is 5.15 Å². The minimum absolute atomic E-state index is 0.134. The van der Waals surface area contributed by atoms with Crippen LogP contribution < -0.4 is 4.90 Å². The number of rotatable bonds is 4. The fourth-order valence-electron chi connectivity index (χ4n) is 2.02. The number of amides is 3. The second-order valence-electron chi connectivity index (χ2n) is 4.75. The molecule has 0 N–H and O–H groups in total. The molecule has 0 aliphatic rings. The van der Waals surface area contributed by atoms with E-state index in [9.17, 15) is 9.59 Å². The maximum atomic E-state index is 12.5. The smallest absolute Gasteiger partial charge is 0.417 e. The largest absolute Gasteiger partial charge is 0.449 e. The molecule has 8 nitrogen and oxygen atoms in total. The van der Waals surface area contributed by atoms with Crippen molar-refractivity contribution in [1.29, 1.82) is 0 Å². The number of aromatic nitrogens is 3. The van der Waals surface area contributed by atoms with Gasteiger partial charge in [-0.3, -0.25) is 9.88 Å². The summed E-state index contributed by atoms with van der Waals surface area (Å²) in [4.78, 5) is 30.6.